The summed E-state index contributed by atoms with van der Waals surface area (Å²) >= 11 is 0. The Morgan fingerprint density at radius 1 is 1.11 bits per heavy atom. The number of allylic oxidation sites excluding steroid dienone is 1. The highest BCUT2D eigenvalue weighted by molar-refractivity contribution is 4.88. The highest BCUT2D eigenvalue weighted by Crippen LogP contribution is 2.25. The van der Waals surface area contributed by atoms with Gasteiger partial charge >= 0.3 is 0 Å². The van der Waals surface area contributed by atoms with E-state index >= 15 is 0 Å². The molecule has 0 aliphatic carbocycles. The molecule has 114 valence electrons. The van der Waals surface area contributed by atoms with Crippen molar-refractivity contribution in [1.82, 2.24) is 0 Å². The van der Waals surface area contributed by atoms with Crippen molar-refractivity contribution in [2.45, 2.75) is 77.4 Å². The number of hydrogen-bond acceptors (Lipinski definition) is 3. The van der Waals surface area contributed by atoms with Crippen LogP contribution in [0, 0.1) is 5.92 Å². The molecule has 0 bridgehead atoms. The second-order valence-electron chi connectivity index (χ2n) is 6.63. The Hall–Kier alpha value is -0.540. The first-order chi connectivity index (χ1) is 8.57. The molecule has 0 spiro atoms. The molecule has 0 aromatic carbocycles. The third-order valence-corrected chi connectivity index (χ3v) is 3.67. The van der Waals surface area contributed by atoms with E-state index in [-0.39, 0.29) is 0 Å². The van der Waals surface area contributed by atoms with Crippen molar-refractivity contribution in [3.05, 3.63) is 12.3 Å². The Balaban J connectivity index is 3.87. The van der Waals surface area contributed by atoms with Crippen LogP contribution in [0.2, 0.25) is 0 Å². The molecule has 0 saturated heterocycles. The Labute approximate surface area is 118 Å². The summed E-state index contributed by atoms with van der Waals surface area (Å²) in [6, 6.07) is 0. The summed E-state index contributed by atoms with van der Waals surface area (Å²) in [5, 5.41) is 19.9. The van der Waals surface area contributed by atoms with Gasteiger partial charge in [-0.05, 0) is 59.3 Å². The quantitative estimate of drug-likeness (QED) is 0.597. The van der Waals surface area contributed by atoms with Crippen LogP contribution in [0.1, 0.15) is 66.2 Å². The number of methoxy groups -OCH3 is 1. The summed E-state index contributed by atoms with van der Waals surface area (Å²) in [6.07, 6.45) is 5.01. The van der Waals surface area contributed by atoms with Crippen LogP contribution in [0.5, 0.6) is 0 Å². The first-order valence-electron chi connectivity index (χ1n) is 7.25. The van der Waals surface area contributed by atoms with E-state index in [4.69, 9.17) is 4.74 Å². The molecular formula is C16H32O3. The number of rotatable bonds is 10. The monoisotopic (exact) mass is 272 g/mol. The standard InChI is InChI=1S/C16H32O3/c1-13(14(2)19-6)9-7-11-16(5,18)12-8-10-15(3,4)17/h13,17-18H,2,7-12H2,1,3-6H3. The van der Waals surface area contributed by atoms with Crippen molar-refractivity contribution in [3.8, 4) is 0 Å². The minimum absolute atomic E-state index is 0.331. The topological polar surface area (TPSA) is 49.7 Å². The third-order valence-electron chi connectivity index (χ3n) is 3.67. The normalized spacial score (nSPS) is 16.8. The van der Waals surface area contributed by atoms with Gasteiger partial charge in [0.1, 0.15) is 0 Å². The van der Waals surface area contributed by atoms with E-state index in [1.807, 2.05) is 6.92 Å². The van der Waals surface area contributed by atoms with Crippen LogP contribution in [-0.2, 0) is 4.74 Å². The van der Waals surface area contributed by atoms with Gasteiger partial charge < -0.3 is 14.9 Å². The molecule has 0 amide bonds. The van der Waals surface area contributed by atoms with E-state index in [0.29, 0.717) is 5.92 Å². The average molecular weight is 272 g/mol. The van der Waals surface area contributed by atoms with Crippen molar-refractivity contribution in [3.63, 3.8) is 0 Å². The summed E-state index contributed by atoms with van der Waals surface area (Å²) < 4.78 is 5.11. The Bertz CT molecular complexity index is 264. The zero-order valence-corrected chi connectivity index (χ0v) is 13.3. The maximum Gasteiger partial charge on any atom is 0.0911 e. The lowest BCUT2D eigenvalue weighted by molar-refractivity contribution is 0.0214. The molecule has 0 aromatic heterocycles. The van der Waals surface area contributed by atoms with Gasteiger partial charge in [-0.25, -0.2) is 0 Å². The maximum absolute atomic E-state index is 10.3. The molecule has 0 fully saturated rings. The summed E-state index contributed by atoms with van der Waals surface area (Å²) in [6.45, 7) is 11.4. The summed E-state index contributed by atoms with van der Waals surface area (Å²) in [7, 11) is 1.64. The van der Waals surface area contributed by atoms with Crippen LogP contribution in [0.4, 0.5) is 0 Å². The molecule has 2 atom stereocenters. The lowest BCUT2D eigenvalue weighted by Crippen LogP contribution is -2.26. The molecule has 0 saturated carbocycles. The van der Waals surface area contributed by atoms with Gasteiger partial charge in [-0.1, -0.05) is 13.5 Å². The first kappa shape index (κ1) is 18.5. The van der Waals surface area contributed by atoms with Gasteiger partial charge in [-0.3, -0.25) is 0 Å². The minimum atomic E-state index is -0.640. The van der Waals surface area contributed by atoms with Gasteiger partial charge in [0.15, 0.2) is 0 Å². The molecule has 3 nitrogen and oxygen atoms in total. The van der Waals surface area contributed by atoms with Gasteiger partial charge in [-0.15, -0.1) is 0 Å². The van der Waals surface area contributed by atoms with Crippen LogP contribution in [0.3, 0.4) is 0 Å². The van der Waals surface area contributed by atoms with Gasteiger partial charge in [0.25, 0.3) is 0 Å². The van der Waals surface area contributed by atoms with E-state index in [0.717, 1.165) is 44.3 Å². The van der Waals surface area contributed by atoms with Crippen molar-refractivity contribution in [2.24, 2.45) is 5.92 Å². The number of hydrogen-bond donors (Lipinski definition) is 2. The maximum atomic E-state index is 10.3. The predicted octanol–water partition coefficient (Wildman–Crippen LogP) is 3.65. The SMILES string of the molecule is C=C(OC)C(C)CCCC(C)(O)CCCC(C)(C)O. The fraction of sp³-hybridized carbons (Fsp3) is 0.875. The smallest absolute Gasteiger partial charge is 0.0911 e. The largest absolute Gasteiger partial charge is 0.501 e. The molecule has 0 aromatic rings. The summed E-state index contributed by atoms with van der Waals surface area (Å²) in [5.41, 5.74) is -1.28. The molecule has 0 rings (SSSR count). The van der Waals surface area contributed by atoms with Crippen molar-refractivity contribution in [2.75, 3.05) is 7.11 Å². The van der Waals surface area contributed by atoms with E-state index in [1.54, 1.807) is 21.0 Å². The van der Waals surface area contributed by atoms with Crippen LogP contribution < -0.4 is 0 Å². The van der Waals surface area contributed by atoms with Crippen LogP contribution in [-0.4, -0.2) is 28.5 Å². The van der Waals surface area contributed by atoms with Gasteiger partial charge in [0, 0.05) is 5.92 Å². The Morgan fingerprint density at radius 2 is 1.63 bits per heavy atom. The fourth-order valence-electron chi connectivity index (χ4n) is 2.18. The third kappa shape index (κ3) is 9.97. The minimum Gasteiger partial charge on any atom is -0.501 e. The number of aliphatic hydroxyl groups is 2. The Kier molecular flexibility index (Phi) is 7.68. The molecule has 3 heteroatoms. The van der Waals surface area contributed by atoms with Gasteiger partial charge in [-0.2, -0.15) is 0 Å². The van der Waals surface area contributed by atoms with E-state index in [9.17, 15) is 10.2 Å². The summed E-state index contributed by atoms with van der Waals surface area (Å²) in [5.74, 6) is 1.14. The summed E-state index contributed by atoms with van der Waals surface area (Å²) in [4.78, 5) is 0. The van der Waals surface area contributed by atoms with Crippen molar-refractivity contribution < 1.29 is 14.9 Å². The highest BCUT2D eigenvalue weighted by atomic mass is 16.5. The van der Waals surface area contributed by atoms with E-state index < -0.39 is 11.2 Å². The average Bonchev–Trinajstić information content (AvgIpc) is 2.25. The second-order valence-corrected chi connectivity index (χ2v) is 6.63. The van der Waals surface area contributed by atoms with Gasteiger partial charge in [0.05, 0.1) is 24.1 Å². The molecular weight excluding hydrogens is 240 g/mol. The van der Waals surface area contributed by atoms with Crippen molar-refractivity contribution >= 4 is 0 Å². The molecule has 0 heterocycles. The van der Waals surface area contributed by atoms with E-state index in [2.05, 4.69) is 13.5 Å². The molecule has 0 radical (unpaired) electrons. The van der Waals surface area contributed by atoms with Crippen LogP contribution >= 0.6 is 0 Å². The molecule has 2 unspecified atom stereocenters. The first-order valence-corrected chi connectivity index (χ1v) is 7.25. The molecule has 2 N–H and O–H groups in total. The van der Waals surface area contributed by atoms with Crippen molar-refractivity contribution in [1.29, 1.82) is 0 Å². The zero-order chi connectivity index (χ0) is 15.1. The van der Waals surface area contributed by atoms with Gasteiger partial charge in [0.2, 0.25) is 0 Å². The Morgan fingerprint density at radius 3 is 2.11 bits per heavy atom. The lowest BCUT2D eigenvalue weighted by Gasteiger charge is -2.26. The van der Waals surface area contributed by atoms with Crippen LogP contribution in [0.15, 0.2) is 12.3 Å². The lowest BCUT2D eigenvalue weighted by atomic mass is 9.89. The molecule has 19 heavy (non-hydrogen) atoms. The zero-order valence-electron chi connectivity index (χ0n) is 13.3. The highest BCUT2D eigenvalue weighted by Gasteiger charge is 2.22. The molecule has 0 aliphatic rings. The van der Waals surface area contributed by atoms with E-state index in [1.165, 1.54) is 0 Å². The van der Waals surface area contributed by atoms with Crippen LogP contribution in [0.25, 0.3) is 0 Å². The molecule has 0 aliphatic heterocycles. The fourth-order valence-corrected chi connectivity index (χ4v) is 2.18. The second kappa shape index (κ2) is 7.91. The predicted molar refractivity (Wildman–Crippen MR) is 79.9 cm³/mol. The number of ether oxygens (including phenoxy) is 1.